The van der Waals surface area contributed by atoms with E-state index in [-0.39, 0.29) is 11.7 Å². The molecule has 8 heteroatoms. The molecule has 3 heterocycles. The number of rotatable bonds is 5. The van der Waals surface area contributed by atoms with Crippen LogP contribution in [-0.2, 0) is 6.54 Å². The molecule has 1 aliphatic rings. The summed E-state index contributed by atoms with van der Waals surface area (Å²) in [4.78, 5) is 22.4. The molecule has 1 fully saturated rings. The maximum Gasteiger partial charge on any atom is 0.274 e. The monoisotopic (exact) mass is 408 g/mol. The smallest absolute Gasteiger partial charge is 0.274 e. The number of likely N-dealkylation sites (tertiary alicyclic amines) is 1. The van der Waals surface area contributed by atoms with E-state index < -0.39 is 0 Å². The average molecular weight is 408 g/mol. The SMILES string of the molecule is Cc1nn(-c2ccc(F)cc2)c(C)c1CNC1CCN(C(=O)c2cnccn2)CC1. The summed E-state index contributed by atoms with van der Waals surface area (Å²) in [5, 5.41) is 8.24. The van der Waals surface area contributed by atoms with Crippen molar-refractivity contribution in [2.75, 3.05) is 13.1 Å². The molecule has 0 bridgehead atoms. The largest absolute Gasteiger partial charge is 0.337 e. The van der Waals surface area contributed by atoms with Crippen LogP contribution in [0.15, 0.2) is 42.9 Å². The first-order valence-electron chi connectivity index (χ1n) is 10.1. The Morgan fingerprint density at radius 3 is 2.57 bits per heavy atom. The molecule has 1 aromatic carbocycles. The van der Waals surface area contributed by atoms with Crippen molar-refractivity contribution in [3.05, 3.63) is 71.3 Å². The fraction of sp³-hybridized carbons (Fsp3) is 0.364. The van der Waals surface area contributed by atoms with Crippen LogP contribution in [0.4, 0.5) is 4.39 Å². The van der Waals surface area contributed by atoms with E-state index in [4.69, 9.17) is 0 Å². The first-order chi connectivity index (χ1) is 14.5. The third kappa shape index (κ3) is 4.23. The molecule has 0 aliphatic carbocycles. The molecule has 0 saturated carbocycles. The molecule has 30 heavy (non-hydrogen) atoms. The zero-order chi connectivity index (χ0) is 21.1. The van der Waals surface area contributed by atoms with Gasteiger partial charge in [-0.1, -0.05) is 0 Å². The van der Waals surface area contributed by atoms with Crippen LogP contribution in [0.1, 0.15) is 40.3 Å². The molecule has 4 rings (SSSR count). The van der Waals surface area contributed by atoms with E-state index in [2.05, 4.69) is 20.4 Å². The summed E-state index contributed by atoms with van der Waals surface area (Å²) in [5.41, 5.74) is 4.39. The molecule has 0 radical (unpaired) electrons. The predicted octanol–water partition coefficient (Wildman–Crippen LogP) is 2.81. The second-order valence-electron chi connectivity index (χ2n) is 7.58. The summed E-state index contributed by atoms with van der Waals surface area (Å²) in [6.45, 7) is 6.12. The van der Waals surface area contributed by atoms with E-state index in [1.165, 1.54) is 24.5 Å². The number of benzene rings is 1. The minimum absolute atomic E-state index is 0.0613. The van der Waals surface area contributed by atoms with Crippen molar-refractivity contribution < 1.29 is 9.18 Å². The number of carbonyl (C=O) groups excluding carboxylic acids is 1. The second kappa shape index (κ2) is 8.71. The van der Waals surface area contributed by atoms with Crippen molar-refractivity contribution in [1.82, 2.24) is 30.0 Å². The standard InChI is InChI=1S/C22H25FN6O/c1-15-20(16(2)29(27-15)19-5-3-17(23)4-6-19)13-26-18-7-11-28(12-8-18)22(30)21-14-24-9-10-25-21/h3-6,9-10,14,18,26H,7-8,11-13H2,1-2H3. The van der Waals surface area contributed by atoms with Crippen LogP contribution in [0.25, 0.3) is 5.69 Å². The number of nitrogens with one attached hydrogen (secondary N) is 1. The molecule has 156 valence electrons. The Balaban J connectivity index is 1.35. The lowest BCUT2D eigenvalue weighted by Crippen LogP contribution is -2.45. The van der Waals surface area contributed by atoms with E-state index in [1.807, 2.05) is 23.4 Å². The van der Waals surface area contributed by atoms with Gasteiger partial charge in [0.1, 0.15) is 11.5 Å². The van der Waals surface area contributed by atoms with Gasteiger partial charge in [-0.2, -0.15) is 5.10 Å². The molecular weight excluding hydrogens is 383 g/mol. The fourth-order valence-electron chi connectivity index (χ4n) is 3.87. The van der Waals surface area contributed by atoms with Gasteiger partial charge in [-0.15, -0.1) is 0 Å². The molecule has 1 saturated heterocycles. The lowest BCUT2D eigenvalue weighted by molar-refractivity contribution is 0.0698. The zero-order valence-electron chi connectivity index (χ0n) is 17.2. The quantitative estimate of drug-likeness (QED) is 0.703. The topological polar surface area (TPSA) is 75.9 Å². The molecular formula is C22H25FN6O. The van der Waals surface area contributed by atoms with Gasteiger partial charge in [0.05, 0.1) is 17.6 Å². The second-order valence-corrected chi connectivity index (χ2v) is 7.58. The molecule has 1 amide bonds. The molecule has 3 aromatic rings. The highest BCUT2D eigenvalue weighted by Crippen LogP contribution is 2.19. The van der Waals surface area contributed by atoms with Gasteiger partial charge in [-0.05, 0) is 51.0 Å². The predicted molar refractivity (Wildman–Crippen MR) is 111 cm³/mol. The van der Waals surface area contributed by atoms with Gasteiger partial charge >= 0.3 is 0 Å². The third-order valence-corrected chi connectivity index (χ3v) is 5.64. The molecule has 7 nitrogen and oxygen atoms in total. The van der Waals surface area contributed by atoms with Crippen molar-refractivity contribution in [1.29, 1.82) is 0 Å². The zero-order valence-corrected chi connectivity index (χ0v) is 17.2. The Morgan fingerprint density at radius 1 is 1.17 bits per heavy atom. The van der Waals surface area contributed by atoms with E-state index in [9.17, 15) is 9.18 Å². The normalized spacial score (nSPS) is 14.8. The van der Waals surface area contributed by atoms with Gasteiger partial charge in [-0.25, -0.2) is 14.1 Å². The van der Waals surface area contributed by atoms with Crippen molar-refractivity contribution in [3.8, 4) is 5.69 Å². The summed E-state index contributed by atoms with van der Waals surface area (Å²) >= 11 is 0. The number of piperidine rings is 1. The summed E-state index contributed by atoms with van der Waals surface area (Å²) in [6.07, 6.45) is 6.39. The maximum absolute atomic E-state index is 13.2. The number of hydrogen-bond donors (Lipinski definition) is 1. The highest BCUT2D eigenvalue weighted by Gasteiger charge is 2.24. The summed E-state index contributed by atoms with van der Waals surface area (Å²) in [7, 11) is 0. The highest BCUT2D eigenvalue weighted by molar-refractivity contribution is 5.92. The van der Waals surface area contributed by atoms with Crippen molar-refractivity contribution >= 4 is 5.91 Å². The Hall–Kier alpha value is -3.13. The Bertz CT molecular complexity index is 1010. The van der Waals surface area contributed by atoms with E-state index in [0.717, 1.165) is 35.5 Å². The highest BCUT2D eigenvalue weighted by atomic mass is 19.1. The van der Waals surface area contributed by atoms with Crippen LogP contribution in [0.5, 0.6) is 0 Å². The lowest BCUT2D eigenvalue weighted by Gasteiger charge is -2.32. The Morgan fingerprint density at radius 2 is 1.90 bits per heavy atom. The van der Waals surface area contributed by atoms with E-state index >= 15 is 0 Å². The first-order valence-corrected chi connectivity index (χ1v) is 10.1. The van der Waals surface area contributed by atoms with Crippen molar-refractivity contribution in [2.45, 2.75) is 39.3 Å². The van der Waals surface area contributed by atoms with Crippen LogP contribution in [0.3, 0.4) is 0 Å². The molecule has 1 aliphatic heterocycles. The van der Waals surface area contributed by atoms with Gasteiger partial charge in [0, 0.05) is 49.3 Å². The minimum Gasteiger partial charge on any atom is -0.337 e. The number of hydrogen-bond acceptors (Lipinski definition) is 5. The summed E-state index contributed by atoms with van der Waals surface area (Å²) in [6, 6.07) is 6.69. The third-order valence-electron chi connectivity index (χ3n) is 5.64. The van der Waals surface area contributed by atoms with Gasteiger partial charge < -0.3 is 10.2 Å². The lowest BCUT2D eigenvalue weighted by atomic mass is 10.0. The van der Waals surface area contributed by atoms with Gasteiger partial charge in [0.25, 0.3) is 5.91 Å². The molecule has 0 unspecified atom stereocenters. The minimum atomic E-state index is -0.258. The summed E-state index contributed by atoms with van der Waals surface area (Å²) in [5.74, 6) is -0.319. The Kier molecular flexibility index (Phi) is 5.85. The van der Waals surface area contributed by atoms with Crippen LogP contribution in [-0.4, -0.2) is 49.7 Å². The van der Waals surface area contributed by atoms with Gasteiger partial charge in [0.15, 0.2) is 0 Å². The van der Waals surface area contributed by atoms with Crippen LogP contribution in [0.2, 0.25) is 0 Å². The van der Waals surface area contributed by atoms with Crippen LogP contribution in [0, 0.1) is 19.7 Å². The van der Waals surface area contributed by atoms with Crippen molar-refractivity contribution in [3.63, 3.8) is 0 Å². The Labute approximate surface area is 175 Å². The molecule has 0 spiro atoms. The van der Waals surface area contributed by atoms with E-state index in [0.29, 0.717) is 31.4 Å². The van der Waals surface area contributed by atoms with Crippen LogP contribution >= 0.6 is 0 Å². The molecule has 0 atom stereocenters. The number of carbonyl (C=O) groups is 1. The number of aromatic nitrogens is 4. The molecule has 2 aromatic heterocycles. The number of halogens is 1. The average Bonchev–Trinajstić information content (AvgIpc) is 3.06. The van der Waals surface area contributed by atoms with Gasteiger partial charge in [-0.3, -0.25) is 9.78 Å². The van der Waals surface area contributed by atoms with Gasteiger partial charge in [0.2, 0.25) is 0 Å². The molecule has 1 N–H and O–H groups in total. The first kappa shape index (κ1) is 20.2. The van der Waals surface area contributed by atoms with Crippen molar-refractivity contribution in [2.24, 2.45) is 0 Å². The number of aryl methyl sites for hydroxylation is 1. The maximum atomic E-state index is 13.2. The fourth-order valence-corrected chi connectivity index (χ4v) is 3.87. The van der Waals surface area contributed by atoms with Crippen LogP contribution < -0.4 is 5.32 Å². The summed E-state index contributed by atoms with van der Waals surface area (Å²) < 4.78 is 15.1. The number of amides is 1. The number of nitrogens with zero attached hydrogens (tertiary/aromatic N) is 5. The van der Waals surface area contributed by atoms with E-state index in [1.54, 1.807) is 18.3 Å².